The van der Waals surface area contributed by atoms with E-state index in [4.69, 9.17) is 17.0 Å². The van der Waals surface area contributed by atoms with Crippen LogP contribution in [0.5, 0.6) is 0 Å². The highest BCUT2D eigenvalue weighted by atomic mass is 79.9. The molecule has 1 unspecified atom stereocenters. The summed E-state index contributed by atoms with van der Waals surface area (Å²) in [6, 6.07) is 15.8. The lowest BCUT2D eigenvalue weighted by molar-refractivity contribution is -0.147. The van der Waals surface area contributed by atoms with E-state index < -0.39 is 17.9 Å². The van der Waals surface area contributed by atoms with Crippen LogP contribution in [-0.4, -0.2) is 53.5 Å². The molecule has 1 saturated heterocycles. The van der Waals surface area contributed by atoms with Crippen molar-refractivity contribution in [3.05, 3.63) is 70.2 Å². The molecule has 3 rings (SSSR count). The van der Waals surface area contributed by atoms with Gasteiger partial charge < -0.3 is 15.0 Å². The minimum atomic E-state index is -0.843. The van der Waals surface area contributed by atoms with Crippen molar-refractivity contribution in [3.63, 3.8) is 0 Å². The number of benzene rings is 2. The fourth-order valence-electron chi connectivity index (χ4n) is 3.19. The SMILES string of the molecule is O=C(CC1C(=O)NCCN1C(=S)NC(=O)c1ccccc1Br)OCCc1ccccc1. The van der Waals surface area contributed by atoms with Crippen molar-refractivity contribution in [2.45, 2.75) is 18.9 Å². The zero-order valence-electron chi connectivity index (χ0n) is 16.7. The van der Waals surface area contributed by atoms with Crippen molar-refractivity contribution in [3.8, 4) is 0 Å². The average Bonchev–Trinajstić information content (AvgIpc) is 2.76. The topological polar surface area (TPSA) is 87.7 Å². The lowest BCUT2D eigenvalue weighted by Gasteiger charge is -2.36. The molecule has 9 heteroatoms. The summed E-state index contributed by atoms with van der Waals surface area (Å²) in [5.74, 6) is -1.22. The molecule has 0 saturated carbocycles. The van der Waals surface area contributed by atoms with Gasteiger partial charge in [-0.25, -0.2) is 0 Å². The lowest BCUT2D eigenvalue weighted by atomic mass is 10.1. The van der Waals surface area contributed by atoms with E-state index in [1.807, 2.05) is 30.3 Å². The van der Waals surface area contributed by atoms with E-state index in [0.29, 0.717) is 29.5 Å². The van der Waals surface area contributed by atoms with E-state index in [1.54, 1.807) is 29.2 Å². The third kappa shape index (κ3) is 6.35. The van der Waals surface area contributed by atoms with Crippen molar-refractivity contribution in [1.82, 2.24) is 15.5 Å². The van der Waals surface area contributed by atoms with Gasteiger partial charge in [0.15, 0.2) is 5.11 Å². The third-order valence-electron chi connectivity index (χ3n) is 4.79. The Morgan fingerprint density at radius 3 is 2.61 bits per heavy atom. The molecule has 0 aliphatic carbocycles. The van der Waals surface area contributed by atoms with Gasteiger partial charge in [-0.3, -0.25) is 19.7 Å². The van der Waals surface area contributed by atoms with E-state index in [2.05, 4.69) is 26.6 Å². The van der Waals surface area contributed by atoms with Crippen molar-refractivity contribution >= 4 is 51.0 Å². The minimum Gasteiger partial charge on any atom is -0.465 e. The predicted molar refractivity (Wildman–Crippen MR) is 123 cm³/mol. The molecular formula is C22H22BrN3O4S. The van der Waals surface area contributed by atoms with Crippen LogP contribution in [0.3, 0.4) is 0 Å². The maximum Gasteiger partial charge on any atom is 0.308 e. The first-order valence-electron chi connectivity index (χ1n) is 9.79. The molecule has 1 aliphatic heterocycles. The average molecular weight is 504 g/mol. The van der Waals surface area contributed by atoms with Gasteiger partial charge in [0.05, 0.1) is 18.6 Å². The second-order valence-corrected chi connectivity index (χ2v) is 8.14. The van der Waals surface area contributed by atoms with Crippen LogP contribution in [0.15, 0.2) is 59.1 Å². The summed E-state index contributed by atoms with van der Waals surface area (Å²) in [6.45, 7) is 0.965. The van der Waals surface area contributed by atoms with Crippen LogP contribution < -0.4 is 10.6 Å². The Bertz CT molecular complexity index is 970. The quantitative estimate of drug-likeness (QED) is 0.465. The van der Waals surface area contributed by atoms with Gasteiger partial charge in [0.1, 0.15) is 6.04 Å². The molecule has 2 aromatic rings. The van der Waals surface area contributed by atoms with Gasteiger partial charge in [-0.2, -0.15) is 0 Å². The number of carbonyl (C=O) groups excluding carboxylic acids is 3. The molecular weight excluding hydrogens is 482 g/mol. The van der Waals surface area contributed by atoms with Gasteiger partial charge in [-0.1, -0.05) is 42.5 Å². The molecule has 1 atom stereocenters. The number of amides is 2. The normalized spacial score (nSPS) is 15.7. The predicted octanol–water partition coefficient (Wildman–Crippen LogP) is 2.44. The first-order chi connectivity index (χ1) is 15.0. The Morgan fingerprint density at radius 1 is 1.16 bits per heavy atom. The largest absolute Gasteiger partial charge is 0.465 e. The number of thiocarbonyl (C=S) groups is 1. The second kappa shape index (κ2) is 11.0. The van der Waals surface area contributed by atoms with Gasteiger partial charge in [0.2, 0.25) is 5.91 Å². The Kier molecular flexibility index (Phi) is 8.13. The standard InChI is InChI=1S/C22H22BrN3O4S/c23-17-9-5-4-8-16(17)20(28)25-22(31)26-12-11-24-21(29)18(26)14-19(27)30-13-10-15-6-2-1-3-7-15/h1-9,18H,10-14H2,(H,24,29)(H,25,28,31). The smallest absolute Gasteiger partial charge is 0.308 e. The molecule has 0 aromatic heterocycles. The first-order valence-corrected chi connectivity index (χ1v) is 11.0. The summed E-state index contributed by atoms with van der Waals surface area (Å²) in [5.41, 5.74) is 1.48. The van der Waals surface area contributed by atoms with Gasteiger partial charge in [0.25, 0.3) is 5.91 Å². The summed E-state index contributed by atoms with van der Waals surface area (Å²) in [4.78, 5) is 38.9. The Labute approximate surface area is 194 Å². The third-order valence-corrected chi connectivity index (χ3v) is 5.82. The highest BCUT2D eigenvalue weighted by Crippen LogP contribution is 2.16. The molecule has 1 aliphatic rings. The number of piperazine rings is 1. The summed E-state index contributed by atoms with van der Waals surface area (Å²) in [7, 11) is 0. The Morgan fingerprint density at radius 2 is 1.87 bits per heavy atom. The van der Waals surface area contributed by atoms with Gasteiger partial charge in [0, 0.05) is 24.0 Å². The fraction of sp³-hybridized carbons (Fsp3) is 0.273. The zero-order chi connectivity index (χ0) is 22.2. The van der Waals surface area contributed by atoms with E-state index in [1.165, 1.54) is 0 Å². The molecule has 162 valence electrons. The molecule has 1 fully saturated rings. The van der Waals surface area contributed by atoms with Crippen molar-refractivity contribution in [2.75, 3.05) is 19.7 Å². The maximum absolute atomic E-state index is 12.6. The molecule has 0 bridgehead atoms. The van der Waals surface area contributed by atoms with Crippen LogP contribution in [0.2, 0.25) is 0 Å². The lowest BCUT2D eigenvalue weighted by Crippen LogP contribution is -2.60. The number of nitrogens with zero attached hydrogens (tertiary/aromatic N) is 1. The summed E-state index contributed by atoms with van der Waals surface area (Å²) in [5, 5.41) is 5.48. The number of rotatable bonds is 6. The van der Waals surface area contributed by atoms with Crippen LogP contribution in [0, 0.1) is 0 Å². The van der Waals surface area contributed by atoms with Crippen LogP contribution in [0.4, 0.5) is 0 Å². The number of hydrogen-bond donors (Lipinski definition) is 2. The molecule has 1 heterocycles. The number of ether oxygens (including phenoxy) is 1. The Hall–Kier alpha value is -2.78. The highest BCUT2D eigenvalue weighted by Gasteiger charge is 2.34. The fourth-order valence-corrected chi connectivity index (χ4v) is 3.96. The number of halogens is 1. The molecule has 2 aromatic carbocycles. The van der Waals surface area contributed by atoms with Gasteiger partial charge in [-0.15, -0.1) is 0 Å². The summed E-state index contributed by atoms with van der Waals surface area (Å²) >= 11 is 8.71. The molecule has 31 heavy (non-hydrogen) atoms. The summed E-state index contributed by atoms with van der Waals surface area (Å²) in [6.07, 6.45) is 0.430. The van der Waals surface area contributed by atoms with Crippen LogP contribution in [0.25, 0.3) is 0 Å². The van der Waals surface area contributed by atoms with E-state index in [0.717, 1.165) is 5.56 Å². The second-order valence-electron chi connectivity index (χ2n) is 6.90. The first kappa shape index (κ1) is 22.9. The number of hydrogen-bond acceptors (Lipinski definition) is 5. The molecule has 0 spiro atoms. The monoisotopic (exact) mass is 503 g/mol. The molecule has 2 amide bonds. The number of nitrogens with one attached hydrogen (secondary N) is 2. The molecule has 0 radical (unpaired) electrons. The van der Waals surface area contributed by atoms with E-state index in [-0.39, 0.29) is 24.0 Å². The van der Waals surface area contributed by atoms with Crippen molar-refractivity contribution in [2.24, 2.45) is 0 Å². The summed E-state index contributed by atoms with van der Waals surface area (Å²) < 4.78 is 5.94. The van der Waals surface area contributed by atoms with Crippen molar-refractivity contribution < 1.29 is 19.1 Å². The number of carbonyl (C=O) groups is 3. The van der Waals surface area contributed by atoms with Crippen LogP contribution in [-0.2, 0) is 20.7 Å². The zero-order valence-corrected chi connectivity index (χ0v) is 19.1. The number of esters is 1. The van der Waals surface area contributed by atoms with Crippen molar-refractivity contribution in [1.29, 1.82) is 0 Å². The molecule has 7 nitrogen and oxygen atoms in total. The maximum atomic E-state index is 12.6. The Balaban J connectivity index is 1.58. The van der Waals surface area contributed by atoms with Gasteiger partial charge >= 0.3 is 5.97 Å². The van der Waals surface area contributed by atoms with Crippen LogP contribution in [0.1, 0.15) is 22.3 Å². The minimum absolute atomic E-state index is 0.0951. The van der Waals surface area contributed by atoms with E-state index in [9.17, 15) is 14.4 Å². The highest BCUT2D eigenvalue weighted by molar-refractivity contribution is 9.10. The van der Waals surface area contributed by atoms with Crippen LogP contribution >= 0.6 is 28.1 Å². The van der Waals surface area contributed by atoms with Gasteiger partial charge in [-0.05, 0) is 45.8 Å². The van der Waals surface area contributed by atoms with E-state index >= 15 is 0 Å². The molecule has 2 N–H and O–H groups in total.